The number of amides is 3. The predicted octanol–water partition coefficient (Wildman–Crippen LogP) is 2.46. The minimum absolute atomic E-state index is 0.0326. The van der Waals surface area contributed by atoms with Gasteiger partial charge in [-0.15, -0.1) is 0 Å². The van der Waals surface area contributed by atoms with Crippen LogP contribution in [0, 0.1) is 23.6 Å². The van der Waals surface area contributed by atoms with Gasteiger partial charge in [-0.25, -0.2) is 4.39 Å². The fourth-order valence-electron chi connectivity index (χ4n) is 5.84. The van der Waals surface area contributed by atoms with Crippen LogP contribution in [0.2, 0.25) is 0 Å². The highest BCUT2D eigenvalue weighted by molar-refractivity contribution is 6.15. The van der Waals surface area contributed by atoms with Crippen molar-refractivity contribution in [2.24, 2.45) is 17.8 Å². The summed E-state index contributed by atoms with van der Waals surface area (Å²) in [5.74, 6) is -2.20. The third-order valence-electron chi connectivity index (χ3n) is 7.49. The van der Waals surface area contributed by atoms with E-state index in [-0.39, 0.29) is 18.4 Å². The van der Waals surface area contributed by atoms with Gasteiger partial charge >= 0.3 is 0 Å². The van der Waals surface area contributed by atoms with Crippen molar-refractivity contribution >= 4 is 23.4 Å². The molecule has 0 radical (unpaired) electrons. The summed E-state index contributed by atoms with van der Waals surface area (Å²) in [6.45, 7) is 4.05. The van der Waals surface area contributed by atoms with E-state index in [1.54, 1.807) is 20.3 Å². The normalized spacial score (nSPS) is 27.0. The molecule has 2 N–H and O–H groups in total. The predicted molar refractivity (Wildman–Crippen MR) is 125 cm³/mol. The van der Waals surface area contributed by atoms with E-state index in [1.165, 1.54) is 23.1 Å². The van der Waals surface area contributed by atoms with Gasteiger partial charge in [0.15, 0.2) is 11.5 Å². The molecule has 3 heterocycles. The first-order valence-corrected chi connectivity index (χ1v) is 11.7. The molecule has 3 aliphatic heterocycles. The third kappa shape index (κ3) is 3.32. The zero-order valence-corrected chi connectivity index (χ0v) is 20.1. The summed E-state index contributed by atoms with van der Waals surface area (Å²) in [4.78, 5) is 42.0. The Balaban J connectivity index is 1.49. The van der Waals surface area contributed by atoms with E-state index >= 15 is 0 Å². The fourth-order valence-corrected chi connectivity index (χ4v) is 5.84. The van der Waals surface area contributed by atoms with E-state index in [9.17, 15) is 18.8 Å². The number of halogens is 1. The van der Waals surface area contributed by atoms with Crippen LogP contribution in [0.4, 0.5) is 10.1 Å². The number of ether oxygens (including phenoxy) is 2. The Hall–Kier alpha value is -3.46. The lowest BCUT2D eigenvalue weighted by atomic mass is 9.76. The molecule has 3 aliphatic rings. The van der Waals surface area contributed by atoms with Crippen LogP contribution in [-0.4, -0.2) is 49.4 Å². The molecule has 2 unspecified atom stereocenters. The van der Waals surface area contributed by atoms with E-state index in [2.05, 4.69) is 10.6 Å². The molecule has 4 atom stereocenters. The monoisotopic (exact) mass is 481 g/mol. The quantitative estimate of drug-likeness (QED) is 0.616. The maximum atomic E-state index is 14.3. The maximum Gasteiger partial charge on any atom is 0.250 e. The van der Waals surface area contributed by atoms with Gasteiger partial charge in [-0.05, 0) is 48.2 Å². The summed E-state index contributed by atoms with van der Waals surface area (Å²) in [5.41, 5.74) is 0.223. The number of fused-ring (bicyclic) bond motifs is 4. The maximum absolute atomic E-state index is 14.3. The van der Waals surface area contributed by atoms with Crippen LogP contribution >= 0.6 is 0 Å². The molecule has 2 aromatic rings. The molecule has 3 amide bonds. The van der Waals surface area contributed by atoms with Gasteiger partial charge in [0, 0.05) is 23.8 Å². The van der Waals surface area contributed by atoms with Crippen LogP contribution in [0.1, 0.15) is 25.0 Å². The molecule has 8 nitrogen and oxygen atoms in total. The van der Waals surface area contributed by atoms with Gasteiger partial charge in [-0.3, -0.25) is 24.6 Å². The van der Waals surface area contributed by atoms with Crippen LogP contribution in [0.25, 0.3) is 0 Å². The average Bonchev–Trinajstić information content (AvgIpc) is 3.43. The Morgan fingerprint density at radius 1 is 1.03 bits per heavy atom. The van der Waals surface area contributed by atoms with E-state index in [1.807, 2.05) is 26.0 Å². The number of nitrogens with one attached hydrogen (secondary N) is 2. The number of nitrogens with zero attached hydrogens (tertiary/aromatic N) is 1. The van der Waals surface area contributed by atoms with Gasteiger partial charge in [-0.2, -0.15) is 0 Å². The topological polar surface area (TPSA) is 97.0 Å². The smallest absolute Gasteiger partial charge is 0.250 e. The number of hydrogen-bond donors (Lipinski definition) is 2. The number of imide groups is 1. The SMILES string of the molecule is COc1ccc(CCN2C(=O)[C@@H]3C(C(C)C)NC4(C(=O)Nc5ccc(F)cc54)[C@@H]3C2=O)cc1OC. The minimum Gasteiger partial charge on any atom is -0.493 e. The number of carbonyl (C=O) groups is 3. The Bertz CT molecular complexity index is 1230. The first-order valence-electron chi connectivity index (χ1n) is 11.7. The van der Waals surface area contributed by atoms with Crippen molar-refractivity contribution < 1.29 is 28.2 Å². The molecular weight excluding hydrogens is 453 g/mol. The zero-order chi connectivity index (χ0) is 25.1. The Labute approximate surface area is 202 Å². The summed E-state index contributed by atoms with van der Waals surface area (Å²) in [6, 6.07) is 9.07. The molecule has 2 fully saturated rings. The lowest BCUT2D eigenvalue weighted by Crippen LogP contribution is -2.54. The molecule has 0 bridgehead atoms. The largest absolute Gasteiger partial charge is 0.493 e. The molecule has 9 heteroatoms. The standard InChI is InChI=1S/C26H28FN3O5/c1-13(2)22-20-21(26(29-22)16-12-15(27)6-7-17(16)28-25(26)33)24(32)30(23(20)31)10-9-14-5-8-18(34-3)19(11-14)35-4/h5-8,11-13,20-22,29H,9-10H2,1-4H3,(H,28,33)/t20-,21-,22?,26?/m0/s1. The van der Waals surface area contributed by atoms with Crippen molar-refractivity contribution in [3.05, 3.63) is 53.3 Å². The number of hydrogen-bond acceptors (Lipinski definition) is 6. The van der Waals surface area contributed by atoms with Gasteiger partial charge < -0.3 is 14.8 Å². The number of rotatable bonds is 6. The second kappa shape index (κ2) is 8.34. The molecule has 2 aromatic carbocycles. The number of anilines is 1. The Morgan fingerprint density at radius 3 is 2.46 bits per heavy atom. The van der Waals surface area contributed by atoms with Crippen molar-refractivity contribution in [2.75, 3.05) is 26.1 Å². The second-order valence-electron chi connectivity index (χ2n) is 9.64. The van der Waals surface area contributed by atoms with E-state index < -0.39 is 41.0 Å². The summed E-state index contributed by atoms with van der Waals surface area (Å²) in [6.07, 6.45) is 0.418. The molecule has 0 aromatic heterocycles. The van der Waals surface area contributed by atoms with E-state index in [0.29, 0.717) is 29.2 Å². The molecule has 5 rings (SSSR count). The number of benzene rings is 2. The lowest BCUT2D eigenvalue weighted by Gasteiger charge is -2.30. The van der Waals surface area contributed by atoms with Gasteiger partial charge in [-0.1, -0.05) is 19.9 Å². The Kier molecular flexibility index (Phi) is 5.55. The van der Waals surface area contributed by atoms with E-state index in [0.717, 1.165) is 5.56 Å². The number of carbonyl (C=O) groups excluding carboxylic acids is 3. The lowest BCUT2D eigenvalue weighted by molar-refractivity contribution is -0.142. The van der Waals surface area contributed by atoms with Crippen LogP contribution < -0.4 is 20.1 Å². The average molecular weight is 482 g/mol. The van der Waals surface area contributed by atoms with Crippen molar-refractivity contribution in [3.8, 4) is 11.5 Å². The molecule has 184 valence electrons. The molecule has 0 aliphatic carbocycles. The third-order valence-corrected chi connectivity index (χ3v) is 7.49. The van der Waals surface area contributed by atoms with Crippen molar-refractivity contribution in [2.45, 2.75) is 31.8 Å². The van der Waals surface area contributed by atoms with Crippen LogP contribution in [-0.2, 0) is 26.3 Å². The fraction of sp³-hybridized carbons (Fsp3) is 0.423. The molecular formula is C26H28FN3O5. The molecule has 35 heavy (non-hydrogen) atoms. The van der Waals surface area contributed by atoms with Gasteiger partial charge in [0.05, 0.1) is 26.1 Å². The Morgan fingerprint density at radius 2 is 1.77 bits per heavy atom. The van der Waals surface area contributed by atoms with Gasteiger partial charge in [0.2, 0.25) is 17.7 Å². The van der Waals surface area contributed by atoms with Gasteiger partial charge in [0.25, 0.3) is 0 Å². The zero-order valence-electron chi connectivity index (χ0n) is 20.1. The van der Waals surface area contributed by atoms with Gasteiger partial charge in [0.1, 0.15) is 11.4 Å². The number of likely N-dealkylation sites (tertiary alicyclic amines) is 1. The molecule has 0 saturated carbocycles. The van der Waals surface area contributed by atoms with Crippen LogP contribution in [0.15, 0.2) is 36.4 Å². The van der Waals surface area contributed by atoms with Crippen molar-refractivity contribution in [1.29, 1.82) is 0 Å². The minimum atomic E-state index is -1.48. The van der Waals surface area contributed by atoms with Crippen LogP contribution in [0.3, 0.4) is 0 Å². The second-order valence-corrected chi connectivity index (χ2v) is 9.64. The highest BCUT2D eigenvalue weighted by Crippen LogP contribution is 2.54. The summed E-state index contributed by atoms with van der Waals surface area (Å²) >= 11 is 0. The highest BCUT2D eigenvalue weighted by Gasteiger charge is 2.70. The first kappa shape index (κ1) is 23.3. The summed E-state index contributed by atoms with van der Waals surface area (Å²) in [5, 5.41) is 6.09. The molecule has 2 saturated heterocycles. The molecule has 1 spiro atoms. The number of methoxy groups -OCH3 is 2. The van der Waals surface area contributed by atoms with E-state index in [4.69, 9.17) is 9.47 Å². The van der Waals surface area contributed by atoms with Crippen LogP contribution in [0.5, 0.6) is 11.5 Å². The first-order chi connectivity index (χ1) is 16.7. The van der Waals surface area contributed by atoms with Crippen molar-refractivity contribution in [3.63, 3.8) is 0 Å². The highest BCUT2D eigenvalue weighted by atomic mass is 19.1. The van der Waals surface area contributed by atoms with Crippen molar-refractivity contribution in [1.82, 2.24) is 10.2 Å². The summed E-state index contributed by atoms with van der Waals surface area (Å²) < 4.78 is 24.9. The summed E-state index contributed by atoms with van der Waals surface area (Å²) in [7, 11) is 3.10.